The highest BCUT2D eigenvalue weighted by atomic mass is 16.5. The van der Waals surface area contributed by atoms with E-state index in [1.165, 1.54) is 56.9 Å². The van der Waals surface area contributed by atoms with Crippen molar-refractivity contribution in [2.24, 2.45) is 17.8 Å². The van der Waals surface area contributed by atoms with Gasteiger partial charge in [-0.05, 0) is 98.9 Å². The van der Waals surface area contributed by atoms with Crippen LogP contribution >= 0.6 is 0 Å². The Bertz CT molecular complexity index is 861. The van der Waals surface area contributed by atoms with Crippen LogP contribution < -0.4 is 4.74 Å². The van der Waals surface area contributed by atoms with Crippen LogP contribution in [0.4, 0.5) is 0 Å². The van der Waals surface area contributed by atoms with Crippen LogP contribution in [0.3, 0.4) is 0 Å². The van der Waals surface area contributed by atoms with Crippen molar-refractivity contribution in [2.75, 3.05) is 0 Å². The predicted octanol–water partition coefficient (Wildman–Crippen LogP) is 7.73. The molecular formula is C29H40N2O2. The Morgan fingerprint density at radius 1 is 0.818 bits per heavy atom. The first-order valence-electron chi connectivity index (χ1n) is 13.3. The van der Waals surface area contributed by atoms with Crippen molar-refractivity contribution in [1.29, 1.82) is 0 Å². The van der Waals surface area contributed by atoms with Crippen LogP contribution in [0.5, 0.6) is 5.75 Å². The highest BCUT2D eigenvalue weighted by molar-refractivity contribution is 5.75. The lowest BCUT2D eigenvalue weighted by Crippen LogP contribution is -2.25. The van der Waals surface area contributed by atoms with Gasteiger partial charge in [0.15, 0.2) is 5.82 Å². The van der Waals surface area contributed by atoms with E-state index in [2.05, 4.69) is 23.8 Å². The summed E-state index contributed by atoms with van der Waals surface area (Å²) in [7, 11) is 0. The van der Waals surface area contributed by atoms with Gasteiger partial charge in [0.05, 0.1) is 5.92 Å². The van der Waals surface area contributed by atoms with Gasteiger partial charge in [0.1, 0.15) is 5.75 Å². The Kier molecular flexibility index (Phi) is 8.52. The molecule has 2 saturated carbocycles. The number of esters is 1. The summed E-state index contributed by atoms with van der Waals surface area (Å²) in [5.74, 6) is 3.62. The Balaban J connectivity index is 1.29. The van der Waals surface area contributed by atoms with Gasteiger partial charge in [-0.25, -0.2) is 9.97 Å². The van der Waals surface area contributed by atoms with E-state index < -0.39 is 0 Å². The van der Waals surface area contributed by atoms with E-state index in [1.54, 1.807) is 0 Å². The van der Waals surface area contributed by atoms with Crippen LogP contribution in [0.2, 0.25) is 0 Å². The van der Waals surface area contributed by atoms with E-state index in [0.29, 0.717) is 11.7 Å². The van der Waals surface area contributed by atoms with Gasteiger partial charge in [-0.2, -0.15) is 0 Å². The van der Waals surface area contributed by atoms with Gasteiger partial charge in [-0.3, -0.25) is 4.79 Å². The molecule has 1 heterocycles. The van der Waals surface area contributed by atoms with Gasteiger partial charge in [0.2, 0.25) is 0 Å². The highest BCUT2D eigenvalue weighted by Crippen LogP contribution is 2.37. The molecule has 1 aromatic carbocycles. The smallest absolute Gasteiger partial charge is 0.314 e. The fourth-order valence-corrected chi connectivity index (χ4v) is 5.86. The molecule has 2 aliphatic carbocycles. The van der Waals surface area contributed by atoms with Gasteiger partial charge in [0.25, 0.3) is 0 Å². The van der Waals surface area contributed by atoms with Crippen LogP contribution in [-0.2, 0) is 4.79 Å². The first-order valence-corrected chi connectivity index (χ1v) is 13.3. The minimum atomic E-state index is -0.0769. The Morgan fingerprint density at radius 2 is 1.36 bits per heavy atom. The fourth-order valence-electron chi connectivity index (χ4n) is 5.86. The largest absolute Gasteiger partial charge is 0.426 e. The molecule has 4 nitrogen and oxygen atoms in total. The third-order valence-electron chi connectivity index (χ3n) is 7.89. The van der Waals surface area contributed by atoms with Crippen molar-refractivity contribution in [2.45, 2.75) is 96.8 Å². The second-order valence-corrected chi connectivity index (χ2v) is 10.3. The number of carbonyl (C=O) groups is 1. The molecule has 0 atom stereocenters. The zero-order chi connectivity index (χ0) is 23.0. The molecule has 4 heteroatoms. The molecule has 0 amide bonds. The summed E-state index contributed by atoms with van der Waals surface area (Å²) in [6.45, 7) is 4.52. The molecule has 0 saturated heterocycles. The highest BCUT2D eigenvalue weighted by Gasteiger charge is 2.27. The first-order chi connectivity index (χ1) is 16.2. The van der Waals surface area contributed by atoms with Crippen molar-refractivity contribution in [1.82, 2.24) is 9.97 Å². The molecule has 4 rings (SSSR count). The normalized spacial score (nSPS) is 25.5. The summed E-state index contributed by atoms with van der Waals surface area (Å²) in [5, 5.41) is 0. The molecule has 2 aromatic rings. The van der Waals surface area contributed by atoms with Crippen LogP contribution in [0.1, 0.15) is 102 Å². The molecular weight excluding hydrogens is 408 g/mol. The molecule has 0 aliphatic heterocycles. The minimum absolute atomic E-state index is 0.0469. The average Bonchev–Trinajstić information content (AvgIpc) is 2.86. The zero-order valence-electron chi connectivity index (χ0n) is 20.5. The van der Waals surface area contributed by atoms with E-state index in [0.717, 1.165) is 48.9 Å². The number of hydrogen-bond donors (Lipinski definition) is 0. The van der Waals surface area contributed by atoms with Gasteiger partial charge in [-0.1, -0.05) is 39.5 Å². The number of rotatable bonds is 8. The van der Waals surface area contributed by atoms with Gasteiger partial charge in [-0.15, -0.1) is 0 Å². The summed E-state index contributed by atoms with van der Waals surface area (Å²) in [5.41, 5.74) is 2.22. The van der Waals surface area contributed by atoms with E-state index in [-0.39, 0.29) is 11.9 Å². The molecule has 2 aliphatic rings. The second-order valence-electron chi connectivity index (χ2n) is 10.3. The standard InChI is InChI=1S/C29H40N2O2/c1-3-5-21-7-11-23(12-8-21)26-19-30-28(31-20-26)24-15-17-27(18-16-24)33-29(32)25-13-9-22(6-4-2)10-14-25/h15-23,25H,3-14H2,1-2H3. The first kappa shape index (κ1) is 23.9. The molecule has 1 aromatic heterocycles. The Morgan fingerprint density at radius 3 is 1.91 bits per heavy atom. The Labute approximate surface area is 199 Å². The molecule has 0 bridgehead atoms. The molecule has 0 spiro atoms. The maximum Gasteiger partial charge on any atom is 0.314 e. The van der Waals surface area contributed by atoms with Crippen LogP contribution in [0.25, 0.3) is 11.4 Å². The predicted molar refractivity (Wildman–Crippen MR) is 133 cm³/mol. The fraction of sp³-hybridized carbons (Fsp3) is 0.621. The van der Waals surface area contributed by atoms with Crippen molar-refractivity contribution in [3.8, 4) is 17.1 Å². The summed E-state index contributed by atoms with van der Waals surface area (Å²) < 4.78 is 5.68. The van der Waals surface area contributed by atoms with Crippen LogP contribution in [0.15, 0.2) is 36.7 Å². The maximum atomic E-state index is 12.6. The third kappa shape index (κ3) is 6.43. The SMILES string of the molecule is CCCC1CCC(C(=O)Oc2ccc(-c3ncc(C4CCC(CCC)CC4)cn3)cc2)CC1. The van der Waals surface area contributed by atoms with Gasteiger partial charge >= 0.3 is 5.97 Å². The molecule has 0 unspecified atom stereocenters. The summed E-state index contributed by atoms with van der Waals surface area (Å²) >= 11 is 0. The molecule has 0 radical (unpaired) electrons. The maximum absolute atomic E-state index is 12.6. The zero-order valence-corrected chi connectivity index (χ0v) is 20.5. The van der Waals surface area contributed by atoms with Gasteiger partial charge in [0, 0.05) is 18.0 Å². The van der Waals surface area contributed by atoms with Crippen molar-refractivity contribution < 1.29 is 9.53 Å². The average molecular weight is 449 g/mol. The van der Waals surface area contributed by atoms with Crippen molar-refractivity contribution in [3.63, 3.8) is 0 Å². The number of benzene rings is 1. The van der Waals surface area contributed by atoms with Gasteiger partial charge < -0.3 is 4.74 Å². The van der Waals surface area contributed by atoms with Crippen LogP contribution in [-0.4, -0.2) is 15.9 Å². The van der Waals surface area contributed by atoms with E-state index >= 15 is 0 Å². The Hall–Kier alpha value is -2.23. The number of nitrogens with zero attached hydrogens (tertiary/aromatic N) is 2. The van der Waals surface area contributed by atoms with E-state index in [9.17, 15) is 4.79 Å². The van der Waals surface area contributed by atoms with E-state index in [1.807, 2.05) is 36.7 Å². The minimum Gasteiger partial charge on any atom is -0.426 e. The van der Waals surface area contributed by atoms with Crippen molar-refractivity contribution >= 4 is 5.97 Å². The van der Waals surface area contributed by atoms with Crippen LogP contribution in [0, 0.1) is 17.8 Å². The number of hydrogen-bond acceptors (Lipinski definition) is 4. The topological polar surface area (TPSA) is 52.1 Å². The molecule has 178 valence electrons. The molecule has 33 heavy (non-hydrogen) atoms. The lowest BCUT2D eigenvalue weighted by atomic mass is 9.78. The van der Waals surface area contributed by atoms with E-state index in [4.69, 9.17) is 4.74 Å². The molecule has 2 fully saturated rings. The number of carbonyl (C=O) groups excluding carboxylic acids is 1. The second kappa shape index (κ2) is 11.8. The monoisotopic (exact) mass is 448 g/mol. The lowest BCUT2D eigenvalue weighted by Gasteiger charge is -2.28. The summed E-state index contributed by atoms with van der Waals surface area (Å²) in [6.07, 6.45) is 18.6. The number of ether oxygens (including phenoxy) is 1. The number of aromatic nitrogens is 2. The summed E-state index contributed by atoms with van der Waals surface area (Å²) in [6, 6.07) is 7.63. The van der Waals surface area contributed by atoms with Crippen molar-refractivity contribution in [3.05, 3.63) is 42.2 Å². The quantitative estimate of drug-likeness (QED) is 0.306. The third-order valence-corrected chi connectivity index (χ3v) is 7.89. The summed E-state index contributed by atoms with van der Waals surface area (Å²) in [4.78, 5) is 21.9. The molecule has 0 N–H and O–H groups in total. The lowest BCUT2D eigenvalue weighted by molar-refractivity contribution is -0.140.